The molecule has 1 aromatic carbocycles. The van der Waals surface area contributed by atoms with Crippen LogP contribution in [0.5, 0.6) is 0 Å². The first kappa shape index (κ1) is 12.0. The molecule has 1 atom stereocenters. The predicted molar refractivity (Wildman–Crippen MR) is 59.0 cm³/mol. The molecule has 1 unspecified atom stereocenters. The van der Waals surface area contributed by atoms with Crippen molar-refractivity contribution in [1.82, 2.24) is 4.90 Å². The lowest BCUT2D eigenvalue weighted by Crippen LogP contribution is -2.47. The second kappa shape index (κ2) is 4.79. The van der Waals surface area contributed by atoms with Gasteiger partial charge in [0.15, 0.2) is 0 Å². The number of likely N-dealkylation sites (tertiary alicyclic amines) is 1. The number of benzene rings is 1. The van der Waals surface area contributed by atoms with Crippen LogP contribution >= 0.6 is 0 Å². The van der Waals surface area contributed by atoms with Crippen molar-refractivity contribution >= 4 is 5.91 Å². The van der Waals surface area contributed by atoms with Gasteiger partial charge in [0.1, 0.15) is 11.6 Å². The standard InChI is InChI=1S/C12H14F2N2O/c13-9-3-4-10(14)8(6-9)7-16-5-1-2-11(15)12(16)17/h3-4,6,11H,1-2,5,7,15H2. The third kappa shape index (κ3) is 2.61. The number of hydrogen-bond acceptors (Lipinski definition) is 2. The van der Waals surface area contributed by atoms with Crippen molar-refractivity contribution in [3.63, 3.8) is 0 Å². The maximum Gasteiger partial charge on any atom is 0.239 e. The third-order valence-corrected chi connectivity index (χ3v) is 2.94. The first-order valence-electron chi connectivity index (χ1n) is 5.56. The van der Waals surface area contributed by atoms with E-state index in [4.69, 9.17) is 5.73 Å². The fraction of sp³-hybridized carbons (Fsp3) is 0.417. The van der Waals surface area contributed by atoms with Crippen molar-refractivity contribution in [1.29, 1.82) is 0 Å². The quantitative estimate of drug-likeness (QED) is 0.849. The highest BCUT2D eigenvalue weighted by Gasteiger charge is 2.26. The third-order valence-electron chi connectivity index (χ3n) is 2.94. The molecule has 0 bridgehead atoms. The number of amides is 1. The van der Waals surface area contributed by atoms with Crippen molar-refractivity contribution in [3.05, 3.63) is 35.4 Å². The van der Waals surface area contributed by atoms with Crippen LogP contribution < -0.4 is 5.73 Å². The summed E-state index contributed by atoms with van der Waals surface area (Å²) in [5.74, 6) is -1.20. The molecule has 1 aliphatic heterocycles. The highest BCUT2D eigenvalue weighted by molar-refractivity contribution is 5.82. The van der Waals surface area contributed by atoms with Crippen molar-refractivity contribution in [2.75, 3.05) is 6.54 Å². The van der Waals surface area contributed by atoms with Gasteiger partial charge in [0, 0.05) is 18.7 Å². The first-order valence-corrected chi connectivity index (χ1v) is 5.56. The Labute approximate surface area is 98.2 Å². The lowest BCUT2D eigenvalue weighted by Gasteiger charge is -2.30. The molecular weight excluding hydrogens is 226 g/mol. The molecule has 1 aliphatic rings. The van der Waals surface area contributed by atoms with E-state index in [1.54, 1.807) is 0 Å². The van der Waals surface area contributed by atoms with Gasteiger partial charge in [-0.15, -0.1) is 0 Å². The summed E-state index contributed by atoms with van der Waals surface area (Å²) in [4.78, 5) is 13.2. The van der Waals surface area contributed by atoms with E-state index < -0.39 is 17.7 Å². The molecule has 5 heteroatoms. The van der Waals surface area contributed by atoms with Gasteiger partial charge in [0.2, 0.25) is 5.91 Å². The Kier molecular flexibility index (Phi) is 3.38. The van der Waals surface area contributed by atoms with Gasteiger partial charge in [-0.1, -0.05) is 0 Å². The van der Waals surface area contributed by atoms with E-state index in [1.165, 1.54) is 4.90 Å². The van der Waals surface area contributed by atoms with Crippen LogP contribution in [0.1, 0.15) is 18.4 Å². The normalized spacial score (nSPS) is 20.8. The summed E-state index contributed by atoms with van der Waals surface area (Å²) in [5, 5.41) is 0. The smallest absolute Gasteiger partial charge is 0.239 e. The van der Waals surface area contributed by atoms with Crippen molar-refractivity contribution in [3.8, 4) is 0 Å². The summed E-state index contributed by atoms with van der Waals surface area (Å²) in [6, 6.07) is 2.73. The molecule has 0 radical (unpaired) electrons. The van der Waals surface area contributed by atoms with Crippen LogP contribution in [0, 0.1) is 11.6 Å². The number of nitrogens with two attached hydrogens (primary N) is 1. The Morgan fingerprint density at radius 3 is 2.94 bits per heavy atom. The topological polar surface area (TPSA) is 46.3 Å². The molecule has 0 aromatic heterocycles. The van der Waals surface area contributed by atoms with E-state index in [9.17, 15) is 13.6 Å². The number of hydrogen-bond donors (Lipinski definition) is 1. The van der Waals surface area contributed by atoms with E-state index in [0.29, 0.717) is 13.0 Å². The largest absolute Gasteiger partial charge is 0.337 e. The van der Waals surface area contributed by atoms with E-state index in [-0.39, 0.29) is 18.0 Å². The summed E-state index contributed by atoms with van der Waals surface area (Å²) >= 11 is 0. The Morgan fingerprint density at radius 1 is 1.41 bits per heavy atom. The monoisotopic (exact) mass is 240 g/mol. The lowest BCUT2D eigenvalue weighted by atomic mass is 10.0. The minimum atomic E-state index is -0.514. The zero-order valence-electron chi connectivity index (χ0n) is 9.33. The lowest BCUT2D eigenvalue weighted by molar-refractivity contribution is -0.135. The van der Waals surface area contributed by atoms with E-state index in [1.807, 2.05) is 0 Å². The van der Waals surface area contributed by atoms with E-state index >= 15 is 0 Å². The van der Waals surface area contributed by atoms with Gasteiger partial charge < -0.3 is 10.6 Å². The Balaban J connectivity index is 2.14. The van der Waals surface area contributed by atoms with Crippen molar-refractivity contribution in [2.45, 2.75) is 25.4 Å². The molecule has 3 nitrogen and oxygen atoms in total. The molecule has 1 saturated heterocycles. The molecule has 1 amide bonds. The summed E-state index contributed by atoms with van der Waals surface area (Å²) in [5.41, 5.74) is 5.82. The van der Waals surface area contributed by atoms with Gasteiger partial charge in [0.25, 0.3) is 0 Å². The Morgan fingerprint density at radius 2 is 2.18 bits per heavy atom. The summed E-state index contributed by atoms with van der Waals surface area (Å²) < 4.78 is 26.4. The highest BCUT2D eigenvalue weighted by atomic mass is 19.1. The number of piperidine rings is 1. The van der Waals surface area contributed by atoms with Gasteiger partial charge in [-0.05, 0) is 31.0 Å². The maximum absolute atomic E-state index is 13.4. The fourth-order valence-corrected chi connectivity index (χ4v) is 2.00. The molecule has 92 valence electrons. The molecule has 0 spiro atoms. The van der Waals surface area contributed by atoms with E-state index in [2.05, 4.69) is 0 Å². The maximum atomic E-state index is 13.4. The number of halogens is 2. The van der Waals surface area contributed by atoms with Crippen LogP contribution in [-0.2, 0) is 11.3 Å². The van der Waals surface area contributed by atoms with Crippen LogP contribution in [0.3, 0.4) is 0 Å². The number of carbonyl (C=O) groups excluding carboxylic acids is 1. The van der Waals surface area contributed by atoms with Gasteiger partial charge in [-0.2, -0.15) is 0 Å². The van der Waals surface area contributed by atoms with Gasteiger partial charge in [-0.3, -0.25) is 4.79 Å². The van der Waals surface area contributed by atoms with E-state index in [0.717, 1.165) is 24.6 Å². The molecular formula is C12H14F2N2O. The second-order valence-electron chi connectivity index (χ2n) is 4.24. The zero-order chi connectivity index (χ0) is 12.4. The molecule has 17 heavy (non-hydrogen) atoms. The Bertz CT molecular complexity index is 437. The predicted octanol–water partition coefficient (Wildman–Crippen LogP) is 1.41. The summed E-state index contributed by atoms with van der Waals surface area (Å²) in [6.07, 6.45) is 1.45. The summed E-state index contributed by atoms with van der Waals surface area (Å²) in [7, 11) is 0. The zero-order valence-corrected chi connectivity index (χ0v) is 9.33. The highest BCUT2D eigenvalue weighted by Crippen LogP contribution is 2.16. The van der Waals surface area contributed by atoms with Gasteiger partial charge >= 0.3 is 0 Å². The van der Waals surface area contributed by atoms with Gasteiger partial charge in [0.05, 0.1) is 6.04 Å². The molecule has 2 N–H and O–H groups in total. The molecule has 1 heterocycles. The average Bonchev–Trinajstić information content (AvgIpc) is 2.30. The average molecular weight is 240 g/mol. The summed E-state index contributed by atoms with van der Waals surface area (Å²) in [6.45, 7) is 0.624. The molecule has 0 aliphatic carbocycles. The minimum Gasteiger partial charge on any atom is -0.337 e. The van der Waals surface area contributed by atoms with Crippen molar-refractivity contribution in [2.24, 2.45) is 5.73 Å². The fourth-order valence-electron chi connectivity index (χ4n) is 2.00. The molecule has 1 aromatic rings. The van der Waals surface area contributed by atoms with Crippen LogP contribution in [0.2, 0.25) is 0 Å². The van der Waals surface area contributed by atoms with Crippen LogP contribution in [0.25, 0.3) is 0 Å². The minimum absolute atomic E-state index is 0.0795. The number of carbonyl (C=O) groups is 1. The molecule has 1 fully saturated rings. The molecule has 0 saturated carbocycles. The van der Waals surface area contributed by atoms with Crippen molar-refractivity contribution < 1.29 is 13.6 Å². The Hall–Kier alpha value is -1.49. The van der Waals surface area contributed by atoms with Crippen LogP contribution in [0.4, 0.5) is 8.78 Å². The molecule has 2 rings (SSSR count). The second-order valence-corrected chi connectivity index (χ2v) is 4.24. The van der Waals surface area contributed by atoms with Crippen LogP contribution in [0.15, 0.2) is 18.2 Å². The van der Waals surface area contributed by atoms with Crippen LogP contribution in [-0.4, -0.2) is 23.4 Å². The SMILES string of the molecule is NC1CCCN(Cc2cc(F)ccc2F)C1=O. The first-order chi connectivity index (χ1) is 8.08. The van der Waals surface area contributed by atoms with Gasteiger partial charge in [-0.25, -0.2) is 8.78 Å². The number of nitrogens with zero attached hydrogens (tertiary/aromatic N) is 1. The number of rotatable bonds is 2.